The van der Waals surface area contributed by atoms with E-state index in [9.17, 15) is 4.79 Å². The highest BCUT2D eigenvalue weighted by atomic mass is 16.1. The van der Waals surface area contributed by atoms with E-state index in [-0.39, 0.29) is 5.91 Å². The van der Waals surface area contributed by atoms with Gasteiger partial charge in [0.1, 0.15) is 12.1 Å². The molecule has 1 aromatic carbocycles. The Morgan fingerprint density at radius 3 is 2.85 bits per heavy atom. The highest BCUT2D eigenvalue weighted by molar-refractivity contribution is 6.02. The summed E-state index contributed by atoms with van der Waals surface area (Å²) in [5.41, 5.74) is 2.08. The first kappa shape index (κ1) is 13.6. The largest absolute Gasteiger partial charge is 0.373 e. The van der Waals surface area contributed by atoms with Gasteiger partial charge in [0, 0.05) is 12.4 Å². The Bertz CT molecular complexity index is 741. The number of amides is 1. The van der Waals surface area contributed by atoms with Crippen molar-refractivity contribution < 1.29 is 4.79 Å². The molecule has 20 heavy (non-hydrogen) atoms. The van der Waals surface area contributed by atoms with E-state index in [1.54, 1.807) is 14.0 Å². The molecule has 1 heterocycles. The molecule has 2 rings (SSSR count). The molecule has 0 atom stereocenters. The zero-order chi connectivity index (χ0) is 14.5. The molecule has 0 spiro atoms. The SMILES string of the molecule is C=CC(=O)Nc1cc2c(NC)ncnc2cc1C#CC. The minimum absolute atomic E-state index is 0.286. The van der Waals surface area contributed by atoms with E-state index in [1.807, 2.05) is 12.1 Å². The fraction of sp³-hybridized carbons (Fsp3) is 0.133. The van der Waals surface area contributed by atoms with Crippen molar-refractivity contribution in [2.45, 2.75) is 6.92 Å². The van der Waals surface area contributed by atoms with Crippen molar-refractivity contribution in [1.82, 2.24) is 9.97 Å². The molecule has 0 radical (unpaired) electrons. The number of nitrogens with zero attached hydrogens (tertiary/aromatic N) is 2. The summed E-state index contributed by atoms with van der Waals surface area (Å²) in [5, 5.41) is 6.56. The van der Waals surface area contributed by atoms with Gasteiger partial charge in [0.05, 0.1) is 16.8 Å². The van der Waals surface area contributed by atoms with Gasteiger partial charge in [-0.25, -0.2) is 9.97 Å². The molecular formula is C15H14N4O. The molecular weight excluding hydrogens is 252 g/mol. The first-order valence-corrected chi connectivity index (χ1v) is 6.02. The quantitative estimate of drug-likeness (QED) is 0.660. The van der Waals surface area contributed by atoms with Crippen LogP contribution in [-0.2, 0) is 4.79 Å². The molecule has 5 nitrogen and oxygen atoms in total. The van der Waals surface area contributed by atoms with Crippen LogP contribution in [0.3, 0.4) is 0 Å². The van der Waals surface area contributed by atoms with Gasteiger partial charge in [-0.1, -0.05) is 12.5 Å². The second-order valence-corrected chi connectivity index (χ2v) is 3.96. The molecule has 0 aliphatic heterocycles. The number of hydrogen-bond donors (Lipinski definition) is 2. The van der Waals surface area contributed by atoms with Crippen LogP contribution in [0.5, 0.6) is 0 Å². The second kappa shape index (κ2) is 5.85. The Hall–Kier alpha value is -2.87. The minimum atomic E-state index is -0.286. The average molecular weight is 266 g/mol. The number of hydrogen-bond acceptors (Lipinski definition) is 4. The van der Waals surface area contributed by atoms with E-state index in [0.717, 1.165) is 10.9 Å². The standard InChI is InChI=1S/C15H14N4O/c1-4-6-10-7-13-11(15(16-3)18-9-17-13)8-12(10)19-14(20)5-2/h5,7-9H,2H2,1,3H3,(H,19,20)(H,16,17,18). The lowest BCUT2D eigenvalue weighted by Gasteiger charge is -2.09. The van der Waals surface area contributed by atoms with Gasteiger partial charge in [0.25, 0.3) is 0 Å². The van der Waals surface area contributed by atoms with E-state index in [2.05, 4.69) is 39.0 Å². The van der Waals surface area contributed by atoms with E-state index in [4.69, 9.17) is 0 Å². The van der Waals surface area contributed by atoms with Gasteiger partial charge in [-0.05, 0) is 25.1 Å². The molecule has 1 aromatic heterocycles. The van der Waals surface area contributed by atoms with Crippen LogP contribution < -0.4 is 10.6 Å². The Balaban J connectivity index is 2.67. The molecule has 100 valence electrons. The van der Waals surface area contributed by atoms with Crippen LogP contribution in [0, 0.1) is 11.8 Å². The smallest absolute Gasteiger partial charge is 0.247 e. The molecule has 0 saturated carbocycles. The van der Waals surface area contributed by atoms with Gasteiger partial charge >= 0.3 is 0 Å². The normalized spacial score (nSPS) is 9.50. The molecule has 2 aromatic rings. The van der Waals surface area contributed by atoms with Gasteiger partial charge < -0.3 is 10.6 Å². The van der Waals surface area contributed by atoms with Crippen LogP contribution >= 0.6 is 0 Å². The number of benzene rings is 1. The van der Waals surface area contributed by atoms with Gasteiger partial charge in [-0.2, -0.15) is 0 Å². The van der Waals surface area contributed by atoms with Crippen molar-refractivity contribution >= 4 is 28.3 Å². The summed E-state index contributed by atoms with van der Waals surface area (Å²) in [5.74, 6) is 6.19. The lowest BCUT2D eigenvalue weighted by Crippen LogP contribution is -2.09. The lowest BCUT2D eigenvalue weighted by atomic mass is 10.1. The molecule has 0 saturated heterocycles. The number of anilines is 2. The summed E-state index contributed by atoms with van der Waals surface area (Å²) in [4.78, 5) is 19.9. The van der Waals surface area contributed by atoms with Gasteiger partial charge in [0.2, 0.25) is 5.91 Å². The third-order valence-electron chi connectivity index (χ3n) is 2.71. The topological polar surface area (TPSA) is 66.9 Å². The first-order chi connectivity index (χ1) is 9.69. The molecule has 1 amide bonds. The van der Waals surface area contributed by atoms with Crippen molar-refractivity contribution in [3.8, 4) is 11.8 Å². The van der Waals surface area contributed by atoms with Crippen molar-refractivity contribution in [2.75, 3.05) is 17.7 Å². The molecule has 0 bridgehead atoms. The average Bonchev–Trinajstić information content (AvgIpc) is 2.47. The van der Waals surface area contributed by atoms with Crippen LogP contribution in [0.15, 0.2) is 31.1 Å². The maximum atomic E-state index is 11.5. The Kier molecular flexibility index (Phi) is 3.96. The van der Waals surface area contributed by atoms with Crippen molar-refractivity contribution in [1.29, 1.82) is 0 Å². The maximum absolute atomic E-state index is 11.5. The minimum Gasteiger partial charge on any atom is -0.373 e. The van der Waals surface area contributed by atoms with Crippen LogP contribution in [-0.4, -0.2) is 22.9 Å². The number of fused-ring (bicyclic) bond motifs is 1. The zero-order valence-corrected chi connectivity index (χ0v) is 11.3. The predicted octanol–water partition coefficient (Wildman–Crippen LogP) is 2.17. The lowest BCUT2D eigenvalue weighted by molar-refractivity contribution is -0.111. The van der Waals surface area contributed by atoms with Gasteiger partial charge in [-0.3, -0.25) is 4.79 Å². The first-order valence-electron chi connectivity index (χ1n) is 6.02. The highest BCUT2D eigenvalue weighted by Crippen LogP contribution is 2.26. The van der Waals surface area contributed by atoms with E-state index >= 15 is 0 Å². The predicted molar refractivity (Wildman–Crippen MR) is 80.5 cm³/mol. The highest BCUT2D eigenvalue weighted by Gasteiger charge is 2.09. The molecule has 0 fully saturated rings. The van der Waals surface area contributed by atoms with E-state index < -0.39 is 0 Å². The number of aromatic nitrogens is 2. The van der Waals surface area contributed by atoms with Crippen molar-refractivity contribution in [3.05, 3.63) is 36.7 Å². The molecule has 0 aliphatic rings. The number of rotatable bonds is 3. The van der Waals surface area contributed by atoms with Crippen molar-refractivity contribution in [2.24, 2.45) is 0 Å². The number of nitrogens with one attached hydrogen (secondary N) is 2. The fourth-order valence-electron chi connectivity index (χ4n) is 1.83. The van der Waals surface area contributed by atoms with Crippen LogP contribution in [0.1, 0.15) is 12.5 Å². The van der Waals surface area contributed by atoms with Crippen LogP contribution in [0.25, 0.3) is 10.9 Å². The second-order valence-electron chi connectivity index (χ2n) is 3.96. The maximum Gasteiger partial charge on any atom is 0.247 e. The summed E-state index contributed by atoms with van der Waals surface area (Å²) < 4.78 is 0. The molecule has 0 unspecified atom stereocenters. The third-order valence-corrected chi connectivity index (χ3v) is 2.71. The molecule has 5 heteroatoms. The summed E-state index contributed by atoms with van der Waals surface area (Å²) in [6, 6.07) is 3.63. The Morgan fingerprint density at radius 2 is 2.20 bits per heavy atom. The monoisotopic (exact) mass is 266 g/mol. The van der Waals surface area contributed by atoms with Crippen LogP contribution in [0.4, 0.5) is 11.5 Å². The Labute approximate surface area is 117 Å². The summed E-state index contributed by atoms with van der Waals surface area (Å²) >= 11 is 0. The molecule has 2 N–H and O–H groups in total. The van der Waals surface area contributed by atoms with Gasteiger partial charge in [-0.15, -0.1) is 5.92 Å². The molecule has 0 aliphatic carbocycles. The Morgan fingerprint density at radius 1 is 1.40 bits per heavy atom. The van der Waals surface area contributed by atoms with Gasteiger partial charge in [0.15, 0.2) is 0 Å². The summed E-state index contributed by atoms with van der Waals surface area (Å²) in [7, 11) is 1.78. The van der Waals surface area contributed by atoms with E-state index in [1.165, 1.54) is 12.4 Å². The number of carbonyl (C=O) groups excluding carboxylic acids is 1. The van der Waals surface area contributed by atoms with Crippen LogP contribution in [0.2, 0.25) is 0 Å². The fourth-order valence-corrected chi connectivity index (χ4v) is 1.83. The summed E-state index contributed by atoms with van der Waals surface area (Å²) in [6.45, 7) is 5.18. The number of carbonyl (C=O) groups is 1. The van der Waals surface area contributed by atoms with Crippen molar-refractivity contribution in [3.63, 3.8) is 0 Å². The van der Waals surface area contributed by atoms with E-state index in [0.29, 0.717) is 17.1 Å². The zero-order valence-electron chi connectivity index (χ0n) is 11.3. The summed E-state index contributed by atoms with van der Waals surface area (Å²) in [6.07, 6.45) is 2.70. The third kappa shape index (κ3) is 2.59.